The van der Waals surface area contributed by atoms with Crippen molar-refractivity contribution in [3.8, 4) is 0 Å². The number of hydrogen-bond acceptors (Lipinski definition) is 4. The van der Waals surface area contributed by atoms with E-state index in [1.165, 1.54) is 0 Å². The smallest absolute Gasteiger partial charge is 0.161 e. The van der Waals surface area contributed by atoms with Crippen molar-refractivity contribution >= 4 is 22.6 Å². The summed E-state index contributed by atoms with van der Waals surface area (Å²) < 4.78 is 1.82. The maximum absolute atomic E-state index is 4.69. The summed E-state index contributed by atoms with van der Waals surface area (Å²) in [5.41, 5.74) is 2.12. The van der Waals surface area contributed by atoms with E-state index in [9.17, 15) is 0 Å². The molecule has 0 atom stereocenters. The third-order valence-corrected chi connectivity index (χ3v) is 3.49. The molecule has 0 aliphatic carbocycles. The molecule has 1 aromatic rings. The van der Waals surface area contributed by atoms with Gasteiger partial charge >= 0.3 is 0 Å². The minimum absolute atomic E-state index is 0.0592. The van der Waals surface area contributed by atoms with Crippen LogP contribution in [0.3, 0.4) is 0 Å². The van der Waals surface area contributed by atoms with Crippen molar-refractivity contribution in [1.29, 1.82) is 0 Å². The lowest BCUT2D eigenvalue weighted by atomic mass is 10.0. The van der Waals surface area contributed by atoms with Gasteiger partial charge in [0.2, 0.25) is 0 Å². The average molecular weight is 238 g/mol. The van der Waals surface area contributed by atoms with Crippen LogP contribution in [0.25, 0.3) is 0 Å². The summed E-state index contributed by atoms with van der Waals surface area (Å²) in [5.74, 6) is 1.12. The number of nitrogens with zero attached hydrogens (tertiary/aromatic N) is 3. The van der Waals surface area contributed by atoms with Crippen molar-refractivity contribution in [2.75, 3.05) is 11.1 Å². The normalized spacial score (nSPS) is 19.4. The van der Waals surface area contributed by atoms with Gasteiger partial charge in [-0.05, 0) is 27.2 Å². The first-order valence-corrected chi connectivity index (χ1v) is 6.45. The first kappa shape index (κ1) is 11.5. The SMILES string of the molecule is Cc1nn(C)cc1NC1=NC(C)(C)CCS1. The van der Waals surface area contributed by atoms with Crippen molar-refractivity contribution in [2.24, 2.45) is 12.0 Å². The Kier molecular flexibility index (Phi) is 2.97. The number of aromatic nitrogens is 2. The third-order valence-electron chi connectivity index (χ3n) is 2.61. The Bertz CT molecular complexity index is 420. The Hall–Kier alpha value is -0.970. The number of rotatable bonds is 1. The fourth-order valence-electron chi connectivity index (χ4n) is 1.66. The number of nitrogens with one attached hydrogen (secondary N) is 1. The monoisotopic (exact) mass is 238 g/mol. The van der Waals surface area contributed by atoms with Crippen LogP contribution in [0, 0.1) is 6.92 Å². The van der Waals surface area contributed by atoms with Gasteiger partial charge in [0.25, 0.3) is 0 Å². The van der Waals surface area contributed by atoms with Crippen LogP contribution in [0.4, 0.5) is 5.69 Å². The van der Waals surface area contributed by atoms with Crippen LogP contribution in [-0.2, 0) is 7.05 Å². The predicted molar refractivity (Wildman–Crippen MR) is 70.2 cm³/mol. The van der Waals surface area contributed by atoms with Gasteiger partial charge in [-0.1, -0.05) is 11.8 Å². The van der Waals surface area contributed by atoms with E-state index in [-0.39, 0.29) is 5.54 Å². The standard InChI is InChI=1S/C11H18N4S/c1-8-9(7-15(4)14-8)12-10-13-11(2,3)5-6-16-10/h7H,5-6H2,1-4H3,(H,12,13). The van der Waals surface area contributed by atoms with E-state index < -0.39 is 0 Å². The summed E-state index contributed by atoms with van der Waals surface area (Å²) in [4.78, 5) is 4.69. The number of aryl methyl sites for hydroxylation is 2. The minimum Gasteiger partial charge on any atom is -0.332 e. The molecular formula is C11H18N4S. The maximum atomic E-state index is 4.69. The van der Waals surface area contributed by atoms with Crippen LogP contribution in [0.2, 0.25) is 0 Å². The number of hydrogen-bond donors (Lipinski definition) is 1. The fraction of sp³-hybridized carbons (Fsp3) is 0.636. The summed E-state index contributed by atoms with van der Waals surface area (Å²) in [6, 6.07) is 0. The van der Waals surface area contributed by atoms with Gasteiger partial charge in [0, 0.05) is 19.0 Å². The molecule has 0 spiro atoms. The average Bonchev–Trinajstić information content (AvgIpc) is 2.43. The lowest BCUT2D eigenvalue weighted by Gasteiger charge is -2.26. The molecule has 1 N–H and O–H groups in total. The van der Waals surface area contributed by atoms with Crippen LogP contribution in [0.1, 0.15) is 26.0 Å². The topological polar surface area (TPSA) is 42.2 Å². The predicted octanol–water partition coefficient (Wildman–Crippen LogP) is 2.41. The van der Waals surface area contributed by atoms with E-state index in [1.54, 1.807) is 11.8 Å². The molecule has 0 fully saturated rings. The minimum atomic E-state index is 0.0592. The molecule has 16 heavy (non-hydrogen) atoms. The Morgan fingerprint density at radius 3 is 2.81 bits per heavy atom. The summed E-state index contributed by atoms with van der Waals surface area (Å²) in [5, 5.41) is 8.66. The van der Waals surface area contributed by atoms with Gasteiger partial charge in [0.1, 0.15) is 0 Å². The van der Waals surface area contributed by atoms with Gasteiger partial charge in [-0.2, -0.15) is 5.10 Å². The van der Waals surface area contributed by atoms with Crippen molar-refractivity contribution in [2.45, 2.75) is 32.7 Å². The zero-order valence-corrected chi connectivity index (χ0v) is 11.1. The Balaban J connectivity index is 2.16. The Morgan fingerprint density at radius 1 is 1.50 bits per heavy atom. The van der Waals surface area contributed by atoms with Gasteiger partial charge in [-0.3, -0.25) is 9.67 Å². The molecule has 1 aliphatic rings. The third kappa shape index (κ3) is 2.58. The first-order chi connectivity index (χ1) is 7.46. The van der Waals surface area contributed by atoms with E-state index in [0.717, 1.165) is 28.7 Å². The number of amidine groups is 1. The van der Waals surface area contributed by atoms with Crippen LogP contribution in [-0.4, -0.2) is 26.2 Å². The van der Waals surface area contributed by atoms with Crippen LogP contribution in [0.5, 0.6) is 0 Å². The molecule has 2 rings (SSSR count). The van der Waals surface area contributed by atoms with Gasteiger partial charge in [0.05, 0.1) is 16.9 Å². The molecular weight excluding hydrogens is 220 g/mol. The highest BCUT2D eigenvalue weighted by atomic mass is 32.2. The van der Waals surface area contributed by atoms with Crippen molar-refractivity contribution in [1.82, 2.24) is 9.78 Å². The second-order valence-electron chi connectivity index (χ2n) is 4.75. The zero-order valence-electron chi connectivity index (χ0n) is 10.2. The number of anilines is 1. The van der Waals surface area contributed by atoms with E-state index in [0.29, 0.717) is 0 Å². The van der Waals surface area contributed by atoms with E-state index in [1.807, 2.05) is 24.9 Å². The van der Waals surface area contributed by atoms with Crippen molar-refractivity contribution < 1.29 is 0 Å². The van der Waals surface area contributed by atoms with Gasteiger partial charge in [-0.25, -0.2) is 0 Å². The second kappa shape index (κ2) is 4.13. The molecule has 0 amide bonds. The molecule has 0 saturated heterocycles. The van der Waals surface area contributed by atoms with Crippen LogP contribution in [0.15, 0.2) is 11.2 Å². The van der Waals surface area contributed by atoms with Crippen LogP contribution < -0.4 is 5.32 Å². The first-order valence-electron chi connectivity index (χ1n) is 5.46. The molecule has 88 valence electrons. The van der Waals surface area contributed by atoms with Gasteiger partial charge in [-0.15, -0.1) is 0 Å². The summed E-state index contributed by atoms with van der Waals surface area (Å²) in [6.07, 6.45) is 3.12. The fourth-order valence-corrected chi connectivity index (χ4v) is 2.95. The summed E-state index contributed by atoms with van der Waals surface area (Å²) in [6.45, 7) is 6.34. The summed E-state index contributed by atoms with van der Waals surface area (Å²) >= 11 is 1.78. The quantitative estimate of drug-likeness (QED) is 0.817. The molecule has 0 saturated carbocycles. The Labute approximate surface area is 101 Å². The van der Waals surface area contributed by atoms with Gasteiger partial charge in [0.15, 0.2) is 5.17 Å². The Morgan fingerprint density at radius 2 is 2.25 bits per heavy atom. The highest BCUT2D eigenvalue weighted by Crippen LogP contribution is 2.27. The molecule has 2 heterocycles. The number of thioether (sulfide) groups is 1. The zero-order chi connectivity index (χ0) is 11.8. The highest BCUT2D eigenvalue weighted by molar-refractivity contribution is 8.14. The van der Waals surface area contributed by atoms with Crippen LogP contribution >= 0.6 is 11.8 Å². The maximum Gasteiger partial charge on any atom is 0.161 e. The highest BCUT2D eigenvalue weighted by Gasteiger charge is 2.22. The van der Waals surface area contributed by atoms with Crippen molar-refractivity contribution in [3.63, 3.8) is 0 Å². The molecule has 1 aromatic heterocycles. The molecule has 4 nitrogen and oxygen atoms in total. The van der Waals surface area contributed by atoms with Gasteiger partial charge < -0.3 is 5.32 Å². The molecule has 0 bridgehead atoms. The lowest BCUT2D eigenvalue weighted by molar-refractivity contribution is 0.507. The molecule has 1 aliphatic heterocycles. The molecule has 5 heteroatoms. The molecule has 0 radical (unpaired) electrons. The van der Waals surface area contributed by atoms with E-state index in [2.05, 4.69) is 24.3 Å². The van der Waals surface area contributed by atoms with E-state index in [4.69, 9.17) is 4.99 Å². The largest absolute Gasteiger partial charge is 0.332 e. The molecule has 0 aromatic carbocycles. The van der Waals surface area contributed by atoms with Crippen molar-refractivity contribution in [3.05, 3.63) is 11.9 Å². The second-order valence-corrected chi connectivity index (χ2v) is 5.84. The lowest BCUT2D eigenvalue weighted by Crippen LogP contribution is -2.27. The molecule has 0 unspecified atom stereocenters. The van der Waals surface area contributed by atoms with E-state index >= 15 is 0 Å². The number of aliphatic imine (C=N–C) groups is 1. The summed E-state index contributed by atoms with van der Waals surface area (Å²) in [7, 11) is 1.93.